The van der Waals surface area contributed by atoms with Crippen LogP contribution in [-0.2, 0) is 11.2 Å². The van der Waals surface area contributed by atoms with Crippen molar-refractivity contribution >= 4 is 5.78 Å². The summed E-state index contributed by atoms with van der Waals surface area (Å²) in [6, 6.07) is 8.64. The second-order valence-electron chi connectivity index (χ2n) is 4.70. The standard InChI is InChI=1S/C14H19NO/c1-11-4-2-5-12(8-11)9-14(16)10-13-6-3-7-15-13/h2,4-5,8,13,15H,3,6-7,9-10H2,1H3. The van der Waals surface area contributed by atoms with Gasteiger partial charge in [-0.05, 0) is 31.9 Å². The SMILES string of the molecule is Cc1cccc(CC(=O)CC2CCCN2)c1. The molecule has 1 aliphatic heterocycles. The van der Waals surface area contributed by atoms with Gasteiger partial charge < -0.3 is 5.32 Å². The lowest BCUT2D eigenvalue weighted by Crippen LogP contribution is -2.25. The molecule has 1 atom stereocenters. The Hall–Kier alpha value is -1.15. The summed E-state index contributed by atoms with van der Waals surface area (Å²) >= 11 is 0. The zero-order chi connectivity index (χ0) is 11.4. The highest BCUT2D eigenvalue weighted by molar-refractivity contribution is 5.81. The monoisotopic (exact) mass is 217 g/mol. The van der Waals surface area contributed by atoms with Crippen molar-refractivity contribution in [1.29, 1.82) is 0 Å². The first-order valence-electron chi connectivity index (χ1n) is 6.04. The highest BCUT2D eigenvalue weighted by Gasteiger charge is 2.17. The van der Waals surface area contributed by atoms with Crippen LogP contribution in [0.15, 0.2) is 24.3 Å². The molecule has 2 rings (SSSR count). The minimum Gasteiger partial charge on any atom is -0.314 e. The molecule has 0 aliphatic carbocycles. The maximum absolute atomic E-state index is 11.8. The first kappa shape index (κ1) is 11.3. The molecule has 1 heterocycles. The molecule has 1 aromatic carbocycles. The molecule has 1 fully saturated rings. The molecule has 1 unspecified atom stereocenters. The first-order valence-corrected chi connectivity index (χ1v) is 6.04. The predicted octanol–water partition coefficient (Wildman–Crippen LogP) is 2.25. The van der Waals surface area contributed by atoms with Gasteiger partial charge in [0.25, 0.3) is 0 Å². The molecule has 0 radical (unpaired) electrons. The smallest absolute Gasteiger partial charge is 0.138 e. The van der Waals surface area contributed by atoms with Crippen molar-refractivity contribution in [2.45, 2.75) is 38.6 Å². The maximum Gasteiger partial charge on any atom is 0.138 e. The fraction of sp³-hybridized carbons (Fsp3) is 0.500. The summed E-state index contributed by atoms with van der Waals surface area (Å²) < 4.78 is 0. The van der Waals surface area contributed by atoms with E-state index in [1.807, 2.05) is 12.1 Å². The van der Waals surface area contributed by atoms with Crippen LogP contribution in [0.25, 0.3) is 0 Å². The van der Waals surface area contributed by atoms with E-state index in [0.29, 0.717) is 24.7 Å². The Labute approximate surface area is 97.1 Å². The van der Waals surface area contributed by atoms with Crippen molar-refractivity contribution in [3.8, 4) is 0 Å². The number of Topliss-reactive ketones (excluding diaryl/α,β-unsaturated/α-hetero) is 1. The summed E-state index contributed by atoms with van der Waals surface area (Å²) in [6.07, 6.45) is 3.63. The lowest BCUT2D eigenvalue weighted by molar-refractivity contribution is -0.118. The van der Waals surface area contributed by atoms with Crippen molar-refractivity contribution in [3.05, 3.63) is 35.4 Å². The van der Waals surface area contributed by atoms with Crippen LogP contribution in [0.4, 0.5) is 0 Å². The third-order valence-corrected chi connectivity index (χ3v) is 3.12. The van der Waals surface area contributed by atoms with Crippen LogP contribution in [0.3, 0.4) is 0 Å². The van der Waals surface area contributed by atoms with Crippen LogP contribution in [0.2, 0.25) is 0 Å². The van der Waals surface area contributed by atoms with Gasteiger partial charge in [0.15, 0.2) is 0 Å². The quantitative estimate of drug-likeness (QED) is 0.838. The summed E-state index contributed by atoms with van der Waals surface area (Å²) in [6.45, 7) is 3.13. The summed E-state index contributed by atoms with van der Waals surface area (Å²) in [5, 5.41) is 3.36. The number of rotatable bonds is 4. The molecule has 1 aromatic rings. The molecule has 86 valence electrons. The van der Waals surface area contributed by atoms with Crippen LogP contribution in [-0.4, -0.2) is 18.4 Å². The van der Waals surface area contributed by atoms with Crippen LogP contribution >= 0.6 is 0 Å². The van der Waals surface area contributed by atoms with E-state index >= 15 is 0 Å². The highest BCUT2D eigenvalue weighted by Crippen LogP contribution is 2.12. The summed E-state index contributed by atoms with van der Waals surface area (Å²) in [7, 11) is 0. The molecule has 0 saturated carbocycles. The van der Waals surface area contributed by atoms with Crippen molar-refractivity contribution in [2.24, 2.45) is 0 Å². The first-order chi connectivity index (χ1) is 7.74. The number of hydrogen-bond acceptors (Lipinski definition) is 2. The Bertz CT molecular complexity index is 367. The van der Waals surface area contributed by atoms with Gasteiger partial charge in [-0.3, -0.25) is 4.79 Å². The lowest BCUT2D eigenvalue weighted by Gasteiger charge is -2.08. The number of ketones is 1. The van der Waals surface area contributed by atoms with Crippen LogP contribution in [0.1, 0.15) is 30.4 Å². The zero-order valence-corrected chi connectivity index (χ0v) is 9.83. The van der Waals surface area contributed by atoms with Gasteiger partial charge in [-0.1, -0.05) is 29.8 Å². The number of carbonyl (C=O) groups excluding carboxylic acids is 1. The minimum atomic E-state index is 0.352. The number of aryl methyl sites for hydroxylation is 1. The van der Waals surface area contributed by atoms with E-state index in [2.05, 4.69) is 24.4 Å². The Morgan fingerprint density at radius 1 is 1.50 bits per heavy atom. The molecular weight excluding hydrogens is 198 g/mol. The molecule has 2 heteroatoms. The van der Waals surface area contributed by atoms with Gasteiger partial charge >= 0.3 is 0 Å². The Morgan fingerprint density at radius 3 is 3.06 bits per heavy atom. The van der Waals surface area contributed by atoms with E-state index in [1.54, 1.807) is 0 Å². The summed E-state index contributed by atoms with van der Waals surface area (Å²) in [5.41, 5.74) is 2.37. The van der Waals surface area contributed by atoms with E-state index in [9.17, 15) is 4.79 Å². The number of benzene rings is 1. The second kappa shape index (κ2) is 5.26. The molecular formula is C14H19NO. The number of nitrogens with one attached hydrogen (secondary N) is 1. The Kier molecular flexibility index (Phi) is 3.73. The van der Waals surface area contributed by atoms with Gasteiger partial charge in [-0.2, -0.15) is 0 Å². The molecule has 0 aromatic heterocycles. The topological polar surface area (TPSA) is 29.1 Å². The van der Waals surface area contributed by atoms with E-state index < -0.39 is 0 Å². The second-order valence-corrected chi connectivity index (χ2v) is 4.70. The number of carbonyl (C=O) groups is 1. The Balaban J connectivity index is 1.86. The van der Waals surface area contributed by atoms with Gasteiger partial charge in [0, 0.05) is 18.9 Å². The lowest BCUT2D eigenvalue weighted by atomic mass is 10.0. The van der Waals surface area contributed by atoms with Crippen molar-refractivity contribution in [2.75, 3.05) is 6.54 Å². The van der Waals surface area contributed by atoms with Gasteiger partial charge in [0.1, 0.15) is 5.78 Å². The van der Waals surface area contributed by atoms with Crippen molar-refractivity contribution in [1.82, 2.24) is 5.32 Å². The third-order valence-electron chi connectivity index (χ3n) is 3.12. The zero-order valence-electron chi connectivity index (χ0n) is 9.83. The van der Waals surface area contributed by atoms with E-state index in [-0.39, 0.29) is 0 Å². The molecule has 0 spiro atoms. The molecule has 1 aliphatic rings. The van der Waals surface area contributed by atoms with Crippen LogP contribution < -0.4 is 5.32 Å². The maximum atomic E-state index is 11.8. The average Bonchev–Trinajstić information content (AvgIpc) is 2.70. The molecule has 0 amide bonds. The van der Waals surface area contributed by atoms with Crippen molar-refractivity contribution < 1.29 is 4.79 Å². The average molecular weight is 217 g/mol. The third kappa shape index (κ3) is 3.17. The molecule has 2 nitrogen and oxygen atoms in total. The van der Waals surface area contributed by atoms with E-state index in [1.165, 1.54) is 12.0 Å². The Morgan fingerprint density at radius 2 is 2.38 bits per heavy atom. The minimum absolute atomic E-state index is 0.352. The number of hydrogen-bond donors (Lipinski definition) is 1. The van der Waals surface area contributed by atoms with E-state index in [4.69, 9.17) is 0 Å². The fourth-order valence-electron chi connectivity index (χ4n) is 2.33. The molecule has 1 saturated heterocycles. The summed E-state index contributed by atoms with van der Waals surface area (Å²) in [4.78, 5) is 11.8. The van der Waals surface area contributed by atoms with Gasteiger partial charge in [-0.15, -0.1) is 0 Å². The summed E-state index contributed by atoms with van der Waals surface area (Å²) in [5.74, 6) is 0.352. The fourth-order valence-corrected chi connectivity index (χ4v) is 2.33. The van der Waals surface area contributed by atoms with Crippen molar-refractivity contribution in [3.63, 3.8) is 0 Å². The van der Waals surface area contributed by atoms with E-state index in [0.717, 1.165) is 18.5 Å². The van der Waals surface area contributed by atoms with Crippen LogP contribution in [0.5, 0.6) is 0 Å². The van der Waals surface area contributed by atoms with Gasteiger partial charge in [0.2, 0.25) is 0 Å². The van der Waals surface area contributed by atoms with Crippen LogP contribution in [0, 0.1) is 6.92 Å². The molecule has 0 bridgehead atoms. The molecule has 1 N–H and O–H groups in total. The highest BCUT2D eigenvalue weighted by atomic mass is 16.1. The largest absolute Gasteiger partial charge is 0.314 e. The van der Waals surface area contributed by atoms with Gasteiger partial charge in [-0.25, -0.2) is 0 Å². The normalized spacial score (nSPS) is 19.9. The predicted molar refractivity (Wildman–Crippen MR) is 65.5 cm³/mol. The van der Waals surface area contributed by atoms with Gasteiger partial charge in [0.05, 0.1) is 0 Å². The molecule has 16 heavy (non-hydrogen) atoms.